The second-order valence-corrected chi connectivity index (χ2v) is 7.67. The van der Waals surface area contributed by atoms with Crippen molar-refractivity contribution in [3.63, 3.8) is 0 Å². The first kappa shape index (κ1) is 24.1. The van der Waals surface area contributed by atoms with Crippen LogP contribution in [0.15, 0.2) is 29.1 Å². The lowest BCUT2D eigenvalue weighted by Gasteiger charge is -2.10. The Morgan fingerprint density at radius 3 is 2.55 bits per heavy atom. The molecule has 0 spiro atoms. The lowest BCUT2D eigenvalue weighted by molar-refractivity contribution is -0.116. The van der Waals surface area contributed by atoms with Crippen LogP contribution in [0, 0.1) is 0 Å². The van der Waals surface area contributed by atoms with Crippen LogP contribution < -0.4 is 15.7 Å². The van der Waals surface area contributed by atoms with Crippen LogP contribution in [0.3, 0.4) is 0 Å². The number of aromatic nitrogens is 4. The molecule has 1 amide bonds. The zero-order valence-electron chi connectivity index (χ0n) is 19.1. The predicted molar refractivity (Wildman–Crippen MR) is 124 cm³/mol. The number of carbonyl (C=O) groups excluding carboxylic acids is 2. The molecule has 0 radical (unpaired) electrons. The topological polar surface area (TPSA) is 128 Å². The van der Waals surface area contributed by atoms with Gasteiger partial charge in [0.2, 0.25) is 5.91 Å². The van der Waals surface area contributed by atoms with Crippen molar-refractivity contribution in [1.29, 1.82) is 0 Å². The van der Waals surface area contributed by atoms with Gasteiger partial charge in [-0.05, 0) is 18.9 Å². The highest BCUT2D eigenvalue weighted by molar-refractivity contribution is 5.97. The van der Waals surface area contributed by atoms with E-state index >= 15 is 0 Å². The number of amides is 1. The molecule has 3 rings (SSSR count). The van der Waals surface area contributed by atoms with E-state index in [4.69, 9.17) is 9.47 Å². The number of anilines is 1. The molecule has 0 atom stereocenters. The van der Waals surface area contributed by atoms with E-state index in [0.717, 1.165) is 24.8 Å². The molecular formula is C23H29N5O5. The number of ketones is 1. The molecule has 0 saturated heterocycles. The Morgan fingerprint density at radius 2 is 1.88 bits per heavy atom. The van der Waals surface area contributed by atoms with E-state index in [0.29, 0.717) is 29.8 Å². The fourth-order valence-corrected chi connectivity index (χ4v) is 3.29. The van der Waals surface area contributed by atoms with Gasteiger partial charge in [0.25, 0.3) is 0 Å². The summed E-state index contributed by atoms with van der Waals surface area (Å²) in [7, 11) is 1.55. The molecule has 0 aliphatic carbocycles. The second-order valence-electron chi connectivity index (χ2n) is 7.67. The van der Waals surface area contributed by atoms with Crippen molar-refractivity contribution in [2.45, 2.75) is 46.1 Å². The summed E-state index contributed by atoms with van der Waals surface area (Å²) in [5.74, 6) is -0.0351. The number of hydrogen-bond acceptors (Lipinski definition) is 7. The van der Waals surface area contributed by atoms with E-state index in [1.807, 2.05) is 0 Å². The van der Waals surface area contributed by atoms with Gasteiger partial charge in [0.05, 0.1) is 13.2 Å². The number of rotatable bonds is 12. The SMILES string of the molecule is CCCCCC(=O)Nc1nc(OCCOC)nc2c1[nH]c(=O)n2Cc1ccc(C(C)=O)cc1. The van der Waals surface area contributed by atoms with E-state index in [9.17, 15) is 14.4 Å². The number of imidazole rings is 1. The van der Waals surface area contributed by atoms with Crippen molar-refractivity contribution in [1.82, 2.24) is 19.5 Å². The fraction of sp³-hybridized carbons (Fsp3) is 0.435. The zero-order chi connectivity index (χ0) is 23.8. The molecule has 0 bridgehead atoms. The molecule has 2 aromatic heterocycles. The van der Waals surface area contributed by atoms with E-state index in [1.165, 1.54) is 11.5 Å². The Labute approximate surface area is 191 Å². The van der Waals surface area contributed by atoms with E-state index < -0.39 is 5.69 Å². The molecule has 1 aromatic carbocycles. The third-order valence-corrected chi connectivity index (χ3v) is 5.09. The smallest absolute Gasteiger partial charge is 0.328 e. The van der Waals surface area contributed by atoms with Crippen LogP contribution in [0.25, 0.3) is 11.2 Å². The average Bonchev–Trinajstić information content (AvgIpc) is 3.10. The van der Waals surface area contributed by atoms with Gasteiger partial charge in [0.15, 0.2) is 17.2 Å². The minimum Gasteiger partial charge on any atom is -0.461 e. The molecule has 0 aliphatic rings. The molecule has 176 valence electrons. The van der Waals surface area contributed by atoms with Gasteiger partial charge >= 0.3 is 11.7 Å². The maximum Gasteiger partial charge on any atom is 0.328 e. The molecular weight excluding hydrogens is 426 g/mol. The largest absolute Gasteiger partial charge is 0.461 e. The summed E-state index contributed by atoms with van der Waals surface area (Å²) < 4.78 is 12.0. The summed E-state index contributed by atoms with van der Waals surface area (Å²) in [4.78, 5) is 48.1. The number of carbonyl (C=O) groups is 2. The zero-order valence-corrected chi connectivity index (χ0v) is 19.1. The number of nitrogens with zero attached hydrogens (tertiary/aromatic N) is 3. The standard InChI is InChI=1S/C23H29N5O5/c1-4-5-6-7-18(30)24-20-19-21(27-22(26-20)33-13-12-32-3)28(23(31)25-19)14-16-8-10-17(11-9-16)15(2)29/h8-11H,4-7,12-14H2,1-3H3,(H,25,31)(H,24,26,27,30). The van der Waals surface area contributed by atoms with Gasteiger partial charge in [0, 0.05) is 19.1 Å². The highest BCUT2D eigenvalue weighted by Crippen LogP contribution is 2.22. The van der Waals surface area contributed by atoms with Crippen molar-refractivity contribution in [3.05, 3.63) is 45.9 Å². The lowest BCUT2D eigenvalue weighted by Crippen LogP contribution is -2.18. The number of nitrogens with one attached hydrogen (secondary N) is 2. The first-order chi connectivity index (χ1) is 15.9. The van der Waals surface area contributed by atoms with Gasteiger partial charge in [0.1, 0.15) is 12.1 Å². The fourth-order valence-electron chi connectivity index (χ4n) is 3.29. The molecule has 2 heterocycles. The summed E-state index contributed by atoms with van der Waals surface area (Å²) in [6, 6.07) is 7.04. The first-order valence-corrected chi connectivity index (χ1v) is 10.9. The van der Waals surface area contributed by atoms with E-state index in [2.05, 4.69) is 27.2 Å². The summed E-state index contributed by atoms with van der Waals surface area (Å²) in [6.45, 7) is 4.33. The molecule has 0 aliphatic heterocycles. The average molecular weight is 456 g/mol. The van der Waals surface area contributed by atoms with Gasteiger partial charge in [-0.2, -0.15) is 9.97 Å². The Morgan fingerprint density at radius 1 is 1.12 bits per heavy atom. The van der Waals surface area contributed by atoms with Crippen molar-refractivity contribution >= 4 is 28.7 Å². The predicted octanol–water partition coefficient (Wildman–Crippen LogP) is 2.91. The summed E-state index contributed by atoms with van der Waals surface area (Å²) in [6.07, 6.45) is 3.08. The first-order valence-electron chi connectivity index (χ1n) is 10.9. The highest BCUT2D eigenvalue weighted by atomic mass is 16.5. The normalized spacial score (nSPS) is 11.0. The third-order valence-electron chi connectivity index (χ3n) is 5.09. The van der Waals surface area contributed by atoms with E-state index in [-0.39, 0.29) is 36.7 Å². The van der Waals surface area contributed by atoms with Gasteiger partial charge in [-0.3, -0.25) is 14.2 Å². The number of benzene rings is 1. The molecule has 10 nitrogen and oxygen atoms in total. The number of aromatic amines is 1. The minimum absolute atomic E-state index is 0.0306. The quantitative estimate of drug-likeness (QED) is 0.317. The Balaban J connectivity index is 1.95. The number of hydrogen-bond donors (Lipinski definition) is 2. The summed E-state index contributed by atoms with van der Waals surface area (Å²) in [5.41, 5.74) is 1.64. The van der Waals surface area contributed by atoms with Crippen LogP contribution in [-0.4, -0.2) is 51.5 Å². The molecule has 0 saturated carbocycles. The number of Topliss-reactive ketones (excluding diaryl/α,β-unsaturated/α-hetero) is 1. The monoisotopic (exact) mass is 455 g/mol. The Bertz CT molecular complexity index is 1170. The van der Waals surface area contributed by atoms with Gasteiger partial charge in [-0.1, -0.05) is 44.0 Å². The van der Waals surface area contributed by atoms with Crippen LogP contribution in [0.2, 0.25) is 0 Å². The molecule has 0 unspecified atom stereocenters. The molecule has 33 heavy (non-hydrogen) atoms. The summed E-state index contributed by atoms with van der Waals surface area (Å²) in [5, 5.41) is 2.78. The van der Waals surface area contributed by atoms with Crippen LogP contribution in [0.5, 0.6) is 6.01 Å². The number of unbranched alkanes of at least 4 members (excludes halogenated alkanes) is 2. The lowest BCUT2D eigenvalue weighted by atomic mass is 10.1. The van der Waals surface area contributed by atoms with E-state index in [1.54, 1.807) is 31.4 Å². The Kier molecular flexibility index (Phi) is 8.31. The number of ether oxygens (including phenoxy) is 2. The minimum atomic E-state index is -0.398. The molecule has 3 aromatic rings. The van der Waals surface area contributed by atoms with Crippen molar-refractivity contribution in [2.75, 3.05) is 25.6 Å². The molecule has 0 fully saturated rings. The van der Waals surface area contributed by atoms with Crippen molar-refractivity contribution in [3.8, 4) is 6.01 Å². The summed E-state index contributed by atoms with van der Waals surface area (Å²) >= 11 is 0. The van der Waals surface area contributed by atoms with Crippen LogP contribution >= 0.6 is 0 Å². The van der Waals surface area contributed by atoms with Crippen LogP contribution in [-0.2, 0) is 16.1 Å². The number of H-pyrrole nitrogens is 1. The van der Waals surface area contributed by atoms with Crippen LogP contribution in [0.1, 0.15) is 55.5 Å². The molecule has 2 N–H and O–H groups in total. The molecule has 10 heteroatoms. The Hall–Kier alpha value is -3.53. The number of methoxy groups -OCH3 is 1. The van der Waals surface area contributed by atoms with Gasteiger partial charge in [-0.15, -0.1) is 0 Å². The highest BCUT2D eigenvalue weighted by Gasteiger charge is 2.18. The van der Waals surface area contributed by atoms with Gasteiger partial charge in [-0.25, -0.2) is 4.79 Å². The maximum atomic E-state index is 12.8. The second kappa shape index (κ2) is 11.4. The van der Waals surface area contributed by atoms with Gasteiger partial charge < -0.3 is 19.8 Å². The van der Waals surface area contributed by atoms with Crippen molar-refractivity contribution in [2.24, 2.45) is 0 Å². The maximum absolute atomic E-state index is 12.8. The van der Waals surface area contributed by atoms with Crippen molar-refractivity contribution < 1.29 is 19.1 Å². The third kappa shape index (κ3) is 6.26. The number of fused-ring (bicyclic) bond motifs is 1. The van der Waals surface area contributed by atoms with Crippen LogP contribution in [0.4, 0.5) is 5.82 Å².